The molecule has 1 atom stereocenters. The van der Waals surface area contributed by atoms with Gasteiger partial charge in [0.15, 0.2) is 0 Å². The SMILES string of the molecule is C[C@@]1(C(=O)NCc2ccccc2)CC(c2ccccc2F)=NO1. The number of carbonyl (C=O) groups is 1. The second-order valence-corrected chi connectivity index (χ2v) is 5.69. The first-order valence-corrected chi connectivity index (χ1v) is 7.41. The van der Waals surface area contributed by atoms with E-state index in [4.69, 9.17) is 4.84 Å². The predicted octanol–water partition coefficient (Wildman–Crippen LogP) is 3.03. The lowest BCUT2D eigenvalue weighted by Gasteiger charge is -2.20. The van der Waals surface area contributed by atoms with Crippen LogP contribution < -0.4 is 5.32 Å². The van der Waals surface area contributed by atoms with E-state index in [0.717, 1.165) is 5.56 Å². The largest absolute Gasteiger partial charge is 0.379 e. The summed E-state index contributed by atoms with van der Waals surface area (Å²) in [6.07, 6.45) is 0.231. The van der Waals surface area contributed by atoms with Crippen LogP contribution in [0.25, 0.3) is 0 Å². The zero-order valence-corrected chi connectivity index (χ0v) is 12.8. The predicted molar refractivity (Wildman–Crippen MR) is 85.3 cm³/mol. The summed E-state index contributed by atoms with van der Waals surface area (Å²) in [5.41, 5.74) is 0.692. The van der Waals surface area contributed by atoms with Gasteiger partial charge in [-0.1, -0.05) is 53.7 Å². The summed E-state index contributed by atoms with van der Waals surface area (Å²) in [4.78, 5) is 17.7. The highest BCUT2D eigenvalue weighted by atomic mass is 19.1. The van der Waals surface area contributed by atoms with E-state index in [1.807, 2.05) is 30.3 Å². The van der Waals surface area contributed by atoms with Crippen LogP contribution in [0.1, 0.15) is 24.5 Å². The Kier molecular flexibility index (Phi) is 4.10. The smallest absolute Gasteiger partial charge is 0.267 e. The third-order valence-electron chi connectivity index (χ3n) is 3.82. The van der Waals surface area contributed by atoms with Crippen molar-refractivity contribution in [3.05, 3.63) is 71.5 Å². The van der Waals surface area contributed by atoms with Crippen molar-refractivity contribution in [2.75, 3.05) is 0 Å². The fourth-order valence-electron chi connectivity index (χ4n) is 2.47. The molecule has 0 saturated carbocycles. The first-order chi connectivity index (χ1) is 11.1. The fourth-order valence-corrected chi connectivity index (χ4v) is 2.47. The Hall–Kier alpha value is -2.69. The van der Waals surface area contributed by atoms with Crippen LogP contribution in [0.2, 0.25) is 0 Å². The summed E-state index contributed by atoms with van der Waals surface area (Å²) in [5, 5.41) is 6.75. The molecule has 1 N–H and O–H groups in total. The molecule has 5 heteroatoms. The van der Waals surface area contributed by atoms with E-state index in [9.17, 15) is 9.18 Å². The third-order valence-corrected chi connectivity index (χ3v) is 3.82. The molecule has 4 nitrogen and oxygen atoms in total. The Labute approximate surface area is 134 Å². The Morgan fingerprint density at radius 1 is 1.22 bits per heavy atom. The van der Waals surface area contributed by atoms with E-state index in [0.29, 0.717) is 17.8 Å². The molecule has 3 rings (SSSR count). The van der Waals surface area contributed by atoms with E-state index in [1.54, 1.807) is 25.1 Å². The average molecular weight is 312 g/mol. The summed E-state index contributed by atoms with van der Waals surface area (Å²) in [6, 6.07) is 15.9. The molecule has 1 amide bonds. The van der Waals surface area contributed by atoms with Crippen LogP contribution >= 0.6 is 0 Å². The number of halogens is 1. The van der Waals surface area contributed by atoms with Crippen molar-refractivity contribution >= 4 is 11.6 Å². The minimum absolute atomic E-state index is 0.231. The Bertz CT molecular complexity index is 746. The van der Waals surface area contributed by atoms with Crippen molar-refractivity contribution in [1.82, 2.24) is 5.32 Å². The molecule has 0 aliphatic carbocycles. The number of oxime groups is 1. The standard InChI is InChI=1S/C18H17FN2O2/c1-18(17(22)20-12-13-7-3-2-4-8-13)11-16(21-23-18)14-9-5-6-10-15(14)19/h2-10H,11-12H2,1H3,(H,20,22)/t18-/m0/s1. The summed E-state index contributed by atoms with van der Waals surface area (Å²) in [6.45, 7) is 2.07. The normalized spacial score (nSPS) is 19.8. The summed E-state index contributed by atoms with van der Waals surface area (Å²) >= 11 is 0. The number of benzene rings is 2. The van der Waals surface area contributed by atoms with Crippen LogP contribution in [0.15, 0.2) is 59.8 Å². The molecular formula is C18H17FN2O2. The summed E-state index contributed by atoms with van der Waals surface area (Å²) in [7, 11) is 0. The van der Waals surface area contributed by atoms with Gasteiger partial charge in [0.05, 0.1) is 5.71 Å². The molecule has 1 aliphatic heterocycles. The summed E-state index contributed by atoms with van der Waals surface area (Å²) in [5.74, 6) is -0.639. The molecule has 0 unspecified atom stereocenters. The lowest BCUT2D eigenvalue weighted by molar-refractivity contribution is -0.141. The number of nitrogens with zero attached hydrogens (tertiary/aromatic N) is 1. The second kappa shape index (κ2) is 6.20. The number of nitrogens with one attached hydrogen (secondary N) is 1. The third kappa shape index (κ3) is 3.23. The minimum Gasteiger partial charge on any atom is -0.379 e. The zero-order valence-electron chi connectivity index (χ0n) is 12.8. The maximum atomic E-state index is 13.8. The Morgan fingerprint density at radius 3 is 2.65 bits per heavy atom. The van der Waals surface area contributed by atoms with Crippen LogP contribution in [-0.2, 0) is 16.2 Å². The molecule has 2 aromatic carbocycles. The van der Waals surface area contributed by atoms with Crippen molar-refractivity contribution in [3.8, 4) is 0 Å². The van der Waals surface area contributed by atoms with Gasteiger partial charge in [-0.15, -0.1) is 0 Å². The maximum Gasteiger partial charge on any atom is 0.267 e. The molecule has 0 spiro atoms. The average Bonchev–Trinajstić information content (AvgIpc) is 2.97. The van der Waals surface area contributed by atoms with Crippen LogP contribution in [0.5, 0.6) is 0 Å². The van der Waals surface area contributed by atoms with Gasteiger partial charge in [-0.05, 0) is 18.6 Å². The molecule has 0 saturated heterocycles. The highest BCUT2D eigenvalue weighted by Gasteiger charge is 2.42. The van der Waals surface area contributed by atoms with Gasteiger partial charge in [0.1, 0.15) is 5.82 Å². The molecule has 1 heterocycles. The second-order valence-electron chi connectivity index (χ2n) is 5.69. The fraction of sp³-hybridized carbons (Fsp3) is 0.222. The first kappa shape index (κ1) is 15.2. The van der Waals surface area contributed by atoms with Gasteiger partial charge in [-0.2, -0.15) is 0 Å². The number of hydrogen-bond donors (Lipinski definition) is 1. The quantitative estimate of drug-likeness (QED) is 0.943. The van der Waals surface area contributed by atoms with E-state index < -0.39 is 5.60 Å². The van der Waals surface area contributed by atoms with Gasteiger partial charge < -0.3 is 10.2 Å². The van der Waals surface area contributed by atoms with Crippen LogP contribution in [0.3, 0.4) is 0 Å². The van der Waals surface area contributed by atoms with Gasteiger partial charge >= 0.3 is 0 Å². The first-order valence-electron chi connectivity index (χ1n) is 7.41. The topological polar surface area (TPSA) is 50.7 Å². The lowest BCUT2D eigenvalue weighted by Crippen LogP contribution is -2.44. The summed E-state index contributed by atoms with van der Waals surface area (Å²) < 4.78 is 13.8. The van der Waals surface area contributed by atoms with E-state index in [-0.39, 0.29) is 18.1 Å². The number of carbonyl (C=O) groups excluding carboxylic acids is 1. The van der Waals surface area contributed by atoms with E-state index >= 15 is 0 Å². The van der Waals surface area contributed by atoms with Gasteiger partial charge in [0.2, 0.25) is 5.60 Å². The van der Waals surface area contributed by atoms with Crippen molar-refractivity contribution in [2.24, 2.45) is 5.16 Å². The van der Waals surface area contributed by atoms with Crippen LogP contribution in [0.4, 0.5) is 4.39 Å². The van der Waals surface area contributed by atoms with Crippen LogP contribution in [0, 0.1) is 5.82 Å². The minimum atomic E-state index is -1.12. The van der Waals surface area contributed by atoms with Gasteiger partial charge in [-0.3, -0.25) is 4.79 Å². The van der Waals surface area contributed by atoms with E-state index in [2.05, 4.69) is 10.5 Å². The molecule has 0 radical (unpaired) electrons. The molecule has 0 fully saturated rings. The molecule has 0 bridgehead atoms. The van der Waals surface area contributed by atoms with Crippen molar-refractivity contribution in [2.45, 2.75) is 25.5 Å². The zero-order chi connectivity index (χ0) is 16.3. The number of rotatable bonds is 4. The lowest BCUT2D eigenvalue weighted by atomic mass is 9.95. The molecule has 118 valence electrons. The molecule has 2 aromatic rings. The molecule has 0 aromatic heterocycles. The monoisotopic (exact) mass is 312 g/mol. The van der Waals surface area contributed by atoms with Gasteiger partial charge in [0, 0.05) is 18.5 Å². The highest BCUT2D eigenvalue weighted by molar-refractivity contribution is 6.05. The van der Waals surface area contributed by atoms with E-state index in [1.165, 1.54) is 6.07 Å². The van der Waals surface area contributed by atoms with Gasteiger partial charge in [-0.25, -0.2) is 4.39 Å². The van der Waals surface area contributed by atoms with Crippen molar-refractivity contribution in [3.63, 3.8) is 0 Å². The molecule has 1 aliphatic rings. The van der Waals surface area contributed by atoms with Crippen molar-refractivity contribution in [1.29, 1.82) is 0 Å². The molecule has 23 heavy (non-hydrogen) atoms. The Morgan fingerprint density at radius 2 is 1.91 bits per heavy atom. The number of hydrogen-bond acceptors (Lipinski definition) is 3. The molecular weight excluding hydrogens is 295 g/mol. The van der Waals surface area contributed by atoms with Gasteiger partial charge in [0.25, 0.3) is 5.91 Å². The Balaban J connectivity index is 1.65. The highest BCUT2D eigenvalue weighted by Crippen LogP contribution is 2.27. The maximum absolute atomic E-state index is 13.8. The van der Waals surface area contributed by atoms with Crippen molar-refractivity contribution < 1.29 is 14.0 Å². The van der Waals surface area contributed by atoms with Crippen LogP contribution in [-0.4, -0.2) is 17.2 Å². The number of amides is 1.